The van der Waals surface area contributed by atoms with Crippen LogP contribution < -0.4 is 4.74 Å². The molecule has 0 aromatic heterocycles. The van der Waals surface area contributed by atoms with E-state index in [0.29, 0.717) is 23.4 Å². The van der Waals surface area contributed by atoms with Crippen LogP contribution in [0.3, 0.4) is 0 Å². The first-order valence-corrected chi connectivity index (χ1v) is 7.30. The normalized spacial score (nSPS) is 30.7. The summed E-state index contributed by atoms with van der Waals surface area (Å²) in [5.41, 5.74) is -0.166. The lowest BCUT2D eigenvalue weighted by atomic mass is 9.91. The maximum atomic E-state index is 13.2. The minimum Gasteiger partial charge on any atom is -0.490 e. The first-order chi connectivity index (χ1) is 9.17. The molecule has 0 N–H and O–H groups in total. The van der Waals surface area contributed by atoms with Crippen LogP contribution in [0.5, 0.6) is 5.75 Å². The maximum absolute atomic E-state index is 13.2. The van der Waals surface area contributed by atoms with Gasteiger partial charge in [0.05, 0.1) is 23.3 Å². The molecule has 0 radical (unpaired) electrons. The Morgan fingerprint density at radius 2 is 2.26 bits per heavy atom. The molecular formula is C14H16BrFO3. The van der Waals surface area contributed by atoms with Gasteiger partial charge in [-0.1, -0.05) is 0 Å². The fourth-order valence-corrected chi connectivity index (χ4v) is 3.05. The van der Waals surface area contributed by atoms with E-state index in [0.717, 1.165) is 25.9 Å². The van der Waals surface area contributed by atoms with Gasteiger partial charge in [-0.3, -0.25) is 0 Å². The van der Waals surface area contributed by atoms with Crippen molar-refractivity contribution in [3.05, 3.63) is 28.5 Å². The summed E-state index contributed by atoms with van der Waals surface area (Å²) in [7, 11) is 0. The molecular weight excluding hydrogens is 315 g/mol. The summed E-state index contributed by atoms with van der Waals surface area (Å²) >= 11 is 3.17. The molecule has 0 bridgehead atoms. The highest BCUT2D eigenvalue weighted by atomic mass is 79.9. The second-order valence-corrected chi connectivity index (χ2v) is 6.00. The van der Waals surface area contributed by atoms with Gasteiger partial charge >= 0.3 is 0 Å². The number of ether oxygens (including phenoxy) is 3. The number of hydrogen-bond donors (Lipinski definition) is 0. The summed E-state index contributed by atoms with van der Waals surface area (Å²) in [6, 6.07) is 4.74. The van der Waals surface area contributed by atoms with Gasteiger partial charge in [0.15, 0.2) is 0 Å². The summed E-state index contributed by atoms with van der Waals surface area (Å²) in [6.45, 7) is 2.10. The minimum absolute atomic E-state index is 0.104. The van der Waals surface area contributed by atoms with E-state index in [2.05, 4.69) is 15.9 Å². The van der Waals surface area contributed by atoms with Crippen molar-refractivity contribution in [3.8, 4) is 5.75 Å². The van der Waals surface area contributed by atoms with E-state index < -0.39 is 0 Å². The van der Waals surface area contributed by atoms with Crippen LogP contribution in [0.4, 0.5) is 4.39 Å². The molecule has 2 saturated heterocycles. The lowest BCUT2D eigenvalue weighted by Gasteiger charge is -2.37. The largest absolute Gasteiger partial charge is 0.490 e. The molecule has 0 aliphatic carbocycles. The third-order valence-corrected chi connectivity index (χ3v) is 4.32. The van der Waals surface area contributed by atoms with Crippen molar-refractivity contribution in [2.45, 2.75) is 31.0 Å². The van der Waals surface area contributed by atoms with Crippen LogP contribution in [0, 0.1) is 5.82 Å². The predicted octanol–water partition coefficient (Wildman–Crippen LogP) is 3.31. The third-order valence-electron chi connectivity index (χ3n) is 3.71. The summed E-state index contributed by atoms with van der Waals surface area (Å²) < 4.78 is 30.8. The van der Waals surface area contributed by atoms with Gasteiger partial charge in [0.2, 0.25) is 0 Å². The summed E-state index contributed by atoms with van der Waals surface area (Å²) in [4.78, 5) is 0. The van der Waals surface area contributed by atoms with Crippen molar-refractivity contribution in [1.82, 2.24) is 0 Å². The molecule has 5 heteroatoms. The topological polar surface area (TPSA) is 27.7 Å². The second kappa shape index (κ2) is 5.38. The van der Waals surface area contributed by atoms with Crippen molar-refractivity contribution in [1.29, 1.82) is 0 Å². The Morgan fingerprint density at radius 1 is 1.37 bits per heavy atom. The Morgan fingerprint density at radius 3 is 3.00 bits per heavy atom. The smallest absolute Gasteiger partial charge is 0.137 e. The zero-order valence-corrected chi connectivity index (χ0v) is 12.1. The van der Waals surface area contributed by atoms with Gasteiger partial charge in [-0.25, -0.2) is 4.39 Å². The van der Waals surface area contributed by atoms with Crippen molar-refractivity contribution in [3.63, 3.8) is 0 Å². The molecule has 0 saturated carbocycles. The molecule has 2 aliphatic rings. The lowest BCUT2D eigenvalue weighted by Crippen LogP contribution is -2.44. The predicted molar refractivity (Wildman–Crippen MR) is 71.9 cm³/mol. The molecule has 2 heterocycles. The van der Waals surface area contributed by atoms with Gasteiger partial charge in [-0.2, -0.15) is 0 Å². The highest BCUT2D eigenvalue weighted by Crippen LogP contribution is 2.35. The monoisotopic (exact) mass is 330 g/mol. The summed E-state index contributed by atoms with van der Waals surface area (Å²) in [5.74, 6) is 0.411. The fraction of sp³-hybridized carbons (Fsp3) is 0.571. The molecule has 1 aromatic carbocycles. The van der Waals surface area contributed by atoms with E-state index in [1.807, 2.05) is 0 Å². The molecule has 1 spiro atoms. The SMILES string of the molecule is Fc1ccc(OC2CCOC3(CCOC3)C2)cc1Br. The quantitative estimate of drug-likeness (QED) is 0.832. The standard InChI is InChI=1S/C14H16BrFO3/c15-12-7-10(1-2-13(12)16)19-11-3-5-18-14(8-11)4-6-17-9-14/h1-2,7,11H,3-6,8-9H2. The van der Waals surface area contributed by atoms with Crippen LogP contribution in [-0.2, 0) is 9.47 Å². The van der Waals surface area contributed by atoms with Gasteiger partial charge in [0.25, 0.3) is 0 Å². The second-order valence-electron chi connectivity index (χ2n) is 5.14. The molecule has 0 amide bonds. The maximum Gasteiger partial charge on any atom is 0.137 e. The molecule has 2 atom stereocenters. The van der Waals surface area contributed by atoms with Crippen LogP contribution in [0.15, 0.2) is 22.7 Å². The van der Waals surface area contributed by atoms with Gasteiger partial charge in [0.1, 0.15) is 17.7 Å². The first kappa shape index (κ1) is 13.3. The average Bonchev–Trinajstić information content (AvgIpc) is 2.82. The van der Waals surface area contributed by atoms with Crippen molar-refractivity contribution in [2.24, 2.45) is 0 Å². The average molecular weight is 331 g/mol. The van der Waals surface area contributed by atoms with Gasteiger partial charge in [-0.15, -0.1) is 0 Å². The minimum atomic E-state index is -0.278. The van der Waals surface area contributed by atoms with E-state index in [1.54, 1.807) is 12.1 Å². The van der Waals surface area contributed by atoms with E-state index in [9.17, 15) is 4.39 Å². The molecule has 2 aliphatic heterocycles. The van der Waals surface area contributed by atoms with Gasteiger partial charge in [-0.05, 0) is 34.1 Å². The van der Waals surface area contributed by atoms with Crippen LogP contribution in [-0.4, -0.2) is 31.5 Å². The molecule has 3 nitrogen and oxygen atoms in total. The molecule has 2 fully saturated rings. The molecule has 2 unspecified atom stereocenters. The van der Waals surface area contributed by atoms with E-state index in [1.165, 1.54) is 6.07 Å². The Hall–Kier alpha value is -0.650. The Bertz CT molecular complexity index is 460. The van der Waals surface area contributed by atoms with Crippen molar-refractivity contribution >= 4 is 15.9 Å². The lowest BCUT2D eigenvalue weighted by molar-refractivity contribution is -0.112. The van der Waals surface area contributed by atoms with Crippen molar-refractivity contribution in [2.75, 3.05) is 19.8 Å². The Balaban J connectivity index is 1.67. The van der Waals surface area contributed by atoms with Crippen molar-refractivity contribution < 1.29 is 18.6 Å². The highest BCUT2D eigenvalue weighted by molar-refractivity contribution is 9.10. The zero-order valence-electron chi connectivity index (χ0n) is 10.5. The molecule has 3 rings (SSSR count). The number of hydrogen-bond acceptors (Lipinski definition) is 3. The summed E-state index contributed by atoms with van der Waals surface area (Å²) in [5, 5.41) is 0. The van der Waals surface area contributed by atoms with Crippen LogP contribution in [0.1, 0.15) is 19.3 Å². The zero-order chi connectivity index (χ0) is 13.3. The first-order valence-electron chi connectivity index (χ1n) is 6.50. The van der Waals surface area contributed by atoms with Crippen LogP contribution >= 0.6 is 15.9 Å². The fourth-order valence-electron chi connectivity index (χ4n) is 2.69. The van der Waals surface area contributed by atoms with E-state index >= 15 is 0 Å². The van der Waals surface area contributed by atoms with E-state index in [-0.39, 0.29) is 17.5 Å². The number of rotatable bonds is 2. The molecule has 104 valence electrons. The number of benzene rings is 1. The van der Waals surface area contributed by atoms with Crippen LogP contribution in [0.25, 0.3) is 0 Å². The Labute approximate surface area is 120 Å². The van der Waals surface area contributed by atoms with E-state index in [4.69, 9.17) is 14.2 Å². The Kier molecular flexibility index (Phi) is 3.78. The van der Waals surface area contributed by atoms with Crippen LogP contribution in [0.2, 0.25) is 0 Å². The third kappa shape index (κ3) is 2.93. The number of halogens is 2. The van der Waals surface area contributed by atoms with Gasteiger partial charge < -0.3 is 14.2 Å². The molecule has 1 aromatic rings. The summed E-state index contributed by atoms with van der Waals surface area (Å²) in [6.07, 6.45) is 2.73. The molecule has 19 heavy (non-hydrogen) atoms. The van der Waals surface area contributed by atoms with Gasteiger partial charge in [0, 0.05) is 25.9 Å². The highest BCUT2D eigenvalue weighted by Gasteiger charge is 2.41.